The Kier molecular flexibility index (Phi) is 3.91. The molecule has 2 rings (SSSR count). The van der Waals surface area contributed by atoms with Crippen LogP contribution in [-0.4, -0.2) is 68.0 Å². The van der Waals surface area contributed by atoms with Gasteiger partial charge < -0.3 is 24.4 Å². The summed E-state index contributed by atoms with van der Waals surface area (Å²) in [5.74, 6) is -0.866. The quantitative estimate of drug-likeness (QED) is 0.607. The minimum atomic E-state index is -3.66. The highest BCUT2D eigenvalue weighted by atomic mass is 32.2. The average Bonchev–Trinajstić information content (AvgIpc) is 2.69. The molecule has 2 saturated heterocycles. The number of ether oxygens (including phenoxy) is 3. The van der Waals surface area contributed by atoms with Crippen LogP contribution >= 0.6 is 0 Å². The van der Waals surface area contributed by atoms with Crippen molar-refractivity contribution in [2.24, 2.45) is 0 Å². The van der Waals surface area contributed by atoms with Crippen LogP contribution in [0.15, 0.2) is 0 Å². The van der Waals surface area contributed by atoms with Crippen LogP contribution in [0.1, 0.15) is 13.8 Å². The Balaban J connectivity index is 1.94. The Morgan fingerprint density at radius 3 is 2.53 bits per heavy atom. The van der Waals surface area contributed by atoms with Crippen molar-refractivity contribution >= 4 is 10.1 Å². The van der Waals surface area contributed by atoms with Crippen molar-refractivity contribution in [2.45, 2.75) is 50.3 Å². The van der Waals surface area contributed by atoms with Gasteiger partial charge >= 0.3 is 0 Å². The number of fused-ring (bicyclic) bond motifs is 1. The highest BCUT2D eigenvalue weighted by molar-refractivity contribution is 7.85. The third-order valence-corrected chi connectivity index (χ3v) is 3.45. The molecule has 2 aliphatic heterocycles. The lowest BCUT2D eigenvalue weighted by atomic mass is 10.1. The first-order chi connectivity index (χ1) is 8.59. The van der Waals surface area contributed by atoms with Crippen LogP contribution in [-0.2, 0) is 28.5 Å². The first-order valence-electron chi connectivity index (χ1n) is 5.81. The Labute approximate surface area is 111 Å². The monoisotopic (exact) mass is 298 g/mol. The summed E-state index contributed by atoms with van der Waals surface area (Å²) < 4.78 is 42.3. The van der Waals surface area contributed by atoms with E-state index in [0.29, 0.717) is 0 Å². The van der Waals surface area contributed by atoms with Crippen molar-refractivity contribution in [3.63, 3.8) is 0 Å². The van der Waals surface area contributed by atoms with E-state index >= 15 is 0 Å². The maximum Gasteiger partial charge on any atom is 0.264 e. The molecule has 5 atom stereocenters. The van der Waals surface area contributed by atoms with Gasteiger partial charge in [0.05, 0.1) is 12.9 Å². The molecule has 0 aromatic rings. The van der Waals surface area contributed by atoms with E-state index in [2.05, 4.69) is 4.18 Å². The lowest BCUT2D eigenvalue weighted by molar-refractivity contribution is -0.226. The second-order valence-corrected chi connectivity index (χ2v) is 6.76. The summed E-state index contributed by atoms with van der Waals surface area (Å²) in [6.45, 7) is 2.86. The molecule has 0 aromatic carbocycles. The van der Waals surface area contributed by atoms with E-state index in [1.165, 1.54) is 0 Å². The zero-order valence-corrected chi connectivity index (χ0v) is 11.7. The molecule has 0 radical (unpaired) electrons. The molecule has 1 unspecified atom stereocenters. The standard InChI is InChI=1S/C10H18O8S/c1-10(2)17-8-6(12)7(16-9(8)18-10)5(11)4-15-19(3,13)14/h5-9,11-12H,4H2,1-3H3/t5?,6-,7+,8+,9+/m0/s1. The first-order valence-corrected chi connectivity index (χ1v) is 7.62. The number of aliphatic hydroxyl groups is 2. The molecule has 0 spiro atoms. The van der Waals surface area contributed by atoms with Crippen molar-refractivity contribution < 1.29 is 37.0 Å². The predicted octanol–water partition coefficient (Wildman–Crippen LogP) is -1.44. The second-order valence-electron chi connectivity index (χ2n) is 5.12. The molecule has 2 aliphatic rings. The average molecular weight is 298 g/mol. The highest BCUT2D eigenvalue weighted by Gasteiger charge is 2.55. The summed E-state index contributed by atoms with van der Waals surface area (Å²) in [5, 5.41) is 19.8. The van der Waals surface area contributed by atoms with Crippen LogP contribution in [0.3, 0.4) is 0 Å². The largest absolute Gasteiger partial charge is 0.388 e. The summed E-state index contributed by atoms with van der Waals surface area (Å²) in [6, 6.07) is 0. The number of hydrogen-bond acceptors (Lipinski definition) is 8. The van der Waals surface area contributed by atoms with Gasteiger partial charge in [-0.3, -0.25) is 4.18 Å². The summed E-state index contributed by atoms with van der Waals surface area (Å²) in [4.78, 5) is 0. The van der Waals surface area contributed by atoms with Gasteiger partial charge in [0, 0.05) is 0 Å². The first kappa shape index (κ1) is 15.1. The number of aliphatic hydroxyl groups excluding tert-OH is 2. The Bertz CT molecular complexity index is 433. The fraction of sp³-hybridized carbons (Fsp3) is 1.00. The summed E-state index contributed by atoms with van der Waals surface area (Å²) in [5.41, 5.74) is 0. The van der Waals surface area contributed by atoms with Gasteiger partial charge in [0.1, 0.15) is 24.4 Å². The van der Waals surface area contributed by atoms with Gasteiger partial charge in [-0.25, -0.2) is 0 Å². The topological polar surface area (TPSA) is 112 Å². The van der Waals surface area contributed by atoms with Gasteiger partial charge in [-0.1, -0.05) is 0 Å². The Morgan fingerprint density at radius 2 is 2.00 bits per heavy atom. The van der Waals surface area contributed by atoms with Gasteiger partial charge in [-0.2, -0.15) is 8.42 Å². The smallest absolute Gasteiger partial charge is 0.264 e. The van der Waals surface area contributed by atoms with E-state index in [1.54, 1.807) is 13.8 Å². The van der Waals surface area contributed by atoms with Crippen LogP contribution in [0.25, 0.3) is 0 Å². The summed E-state index contributed by atoms with van der Waals surface area (Å²) in [6.07, 6.45) is -4.08. The zero-order chi connectivity index (χ0) is 14.4. The van der Waals surface area contributed by atoms with E-state index in [-0.39, 0.29) is 0 Å². The predicted molar refractivity (Wildman–Crippen MR) is 61.5 cm³/mol. The normalized spacial score (nSPS) is 39.2. The van der Waals surface area contributed by atoms with Crippen LogP contribution in [0.2, 0.25) is 0 Å². The van der Waals surface area contributed by atoms with Gasteiger partial charge in [0.15, 0.2) is 12.1 Å². The number of hydrogen-bond donors (Lipinski definition) is 2. The van der Waals surface area contributed by atoms with Gasteiger partial charge in [-0.05, 0) is 13.8 Å². The molecule has 19 heavy (non-hydrogen) atoms. The molecule has 2 fully saturated rings. The van der Waals surface area contributed by atoms with E-state index in [4.69, 9.17) is 14.2 Å². The third-order valence-electron chi connectivity index (χ3n) is 2.88. The van der Waals surface area contributed by atoms with Crippen LogP contribution in [0, 0.1) is 0 Å². The molecule has 2 heterocycles. The van der Waals surface area contributed by atoms with Crippen LogP contribution in [0.4, 0.5) is 0 Å². The van der Waals surface area contributed by atoms with E-state index in [9.17, 15) is 18.6 Å². The van der Waals surface area contributed by atoms with Crippen molar-refractivity contribution in [1.82, 2.24) is 0 Å². The summed E-state index contributed by atoms with van der Waals surface area (Å²) in [7, 11) is -3.66. The minimum absolute atomic E-state index is 0.497. The second kappa shape index (κ2) is 4.92. The molecule has 2 N–H and O–H groups in total. The molecule has 0 saturated carbocycles. The lowest BCUT2D eigenvalue weighted by Gasteiger charge is -2.25. The van der Waals surface area contributed by atoms with Crippen molar-refractivity contribution in [3.8, 4) is 0 Å². The Hall–Kier alpha value is -0.290. The summed E-state index contributed by atoms with van der Waals surface area (Å²) >= 11 is 0. The van der Waals surface area contributed by atoms with E-state index < -0.39 is 53.2 Å². The van der Waals surface area contributed by atoms with Crippen molar-refractivity contribution in [2.75, 3.05) is 12.9 Å². The van der Waals surface area contributed by atoms with E-state index in [0.717, 1.165) is 6.26 Å². The van der Waals surface area contributed by atoms with Crippen molar-refractivity contribution in [3.05, 3.63) is 0 Å². The molecular weight excluding hydrogens is 280 g/mol. The third kappa shape index (κ3) is 3.43. The SMILES string of the molecule is CC1(C)O[C@H]2O[C@H](C(O)COS(C)(=O)=O)[C@H](O)[C@H]2O1. The molecule has 0 bridgehead atoms. The van der Waals surface area contributed by atoms with Crippen LogP contribution in [0.5, 0.6) is 0 Å². The molecule has 112 valence electrons. The zero-order valence-electron chi connectivity index (χ0n) is 10.8. The fourth-order valence-corrected chi connectivity index (χ4v) is 2.51. The van der Waals surface area contributed by atoms with Gasteiger partial charge in [-0.15, -0.1) is 0 Å². The molecule has 0 aliphatic carbocycles. The Morgan fingerprint density at radius 1 is 1.37 bits per heavy atom. The maximum absolute atomic E-state index is 10.8. The fourth-order valence-electron chi connectivity index (χ4n) is 2.12. The highest BCUT2D eigenvalue weighted by Crippen LogP contribution is 2.38. The molecule has 0 aromatic heterocycles. The maximum atomic E-state index is 10.8. The lowest BCUT2D eigenvalue weighted by Crippen LogP contribution is -2.43. The minimum Gasteiger partial charge on any atom is -0.388 e. The number of rotatable bonds is 4. The van der Waals surface area contributed by atoms with Crippen LogP contribution < -0.4 is 0 Å². The molecular formula is C10H18O8S. The molecule has 0 amide bonds. The van der Waals surface area contributed by atoms with Crippen molar-refractivity contribution in [1.29, 1.82) is 0 Å². The van der Waals surface area contributed by atoms with Gasteiger partial charge in [0.25, 0.3) is 10.1 Å². The van der Waals surface area contributed by atoms with E-state index in [1.807, 2.05) is 0 Å². The molecule has 9 heteroatoms. The van der Waals surface area contributed by atoms with Gasteiger partial charge in [0.2, 0.25) is 0 Å². The molecule has 8 nitrogen and oxygen atoms in total.